The first-order chi connectivity index (χ1) is 8.68. The molecule has 0 heterocycles. The lowest BCUT2D eigenvalue weighted by Gasteiger charge is -2.05. The number of carbonyl (C=O) groups is 1. The highest BCUT2D eigenvalue weighted by molar-refractivity contribution is 6.08. The second-order valence-corrected chi connectivity index (χ2v) is 4.38. The van der Waals surface area contributed by atoms with Crippen molar-refractivity contribution < 1.29 is 4.79 Å². The Hall–Kier alpha value is -2.15. The van der Waals surface area contributed by atoms with Crippen LogP contribution in [0.4, 0.5) is 0 Å². The number of benzene rings is 2. The van der Waals surface area contributed by atoms with E-state index >= 15 is 0 Å². The van der Waals surface area contributed by atoms with Gasteiger partial charge in [0.15, 0.2) is 5.78 Å². The Morgan fingerprint density at radius 2 is 1.50 bits per heavy atom. The summed E-state index contributed by atoms with van der Waals surface area (Å²) in [5.41, 5.74) is 3.90. The van der Waals surface area contributed by atoms with E-state index in [1.807, 2.05) is 68.5 Å². The van der Waals surface area contributed by atoms with Crippen LogP contribution in [0, 0.1) is 13.8 Å². The van der Waals surface area contributed by atoms with Crippen LogP contribution in [0.1, 0.15) is 27.0 Å². The van der Waals surface area contributed by atoms with Crippen molar-refractivity contribution in [3.63, 3.8) is 0 Å². The molecule has 0 aromatic heterocycles. The van der Waals surface area contributed by atoms with Crippen LogP contribution in [0.25, 0.3) is 6.08 Å². The largest absolute Gasteiger partial charge is 0.289 e. The SMILES string of the molecule is Cc1cccc(C)c1C(=O)C=Cc1ccccc1. The molecular weight excluding hydrogens is 220 g/mol. The smallest absolute Gasteiger partial charge is 0.186 e. The molecule has 0 saturated carbocycles. The maximum Gasteiger partial charge on any atom is 0.186 e. The summed E-state index contributed by atoms with van der Waals surface area (Å²) in [5.74, 6) is 0.0643. The highest BCUT2D eigenvalue weighted by Gasteiger charge is 2.08. The quantitative estimate of drug-likeness (QED) is 0.576. The summed E-state index contributed by atoms with van der Waals surface area (Å²) < 4.78 is 0. The van der Waals surface area contributed by atoms with Crippen LogP contribution in [0.15, 0.2) is 54.6 Å². The molecular formula is C17H16O. The summed E-state index contributed by atoms with van der Waals surface area (Å²) in [6.45, 7) is 3.94. The minimum absolute atomic E-state index is 0.0643. The number of hydrogen-bond acceptors (Lipinski definition) is 1. The van der Waals surface area contributed by atoms with Gasteiger partial charge < -0.3 is 0 Å². The zero-order valence-electron chi connectivity index (χ0n) is 10.7. The second kappa shape index (κ2) is 5.46. The monoisotopic (exact) mass is 236 g/mol. The molecule has 18 heavy (non-hydrogen) atoms. The molecule has 0 aliphatic carbocycles. The van der Waals surface area contributed by atoms with Crippen molar-refractivity contribution in [2.75, 3.05) is 0 Å². The van der Waals surface area contributed by atoms with E-state index in [4.69, 9.17) is 0 Å². The molecule has 0 N–H and O–H groups in total. The maximum atomic E-state index is 12.2. The lowest BCUT2D eigenvalue weighted by Crippen LogP contribution is -2.00. The van der Waals surface area contributed by atoms with Gasteiger partial charge in [0.1, 0.15) is 0 Å². The molecule has 1 heteroatoms. The molecule has 2 rings (SSSR count). The fourth-order valence-corrected chi connectivity index (χ4v) is 2.02. The van der Waals surface area contributed by atoms with E-state index in [0.717, 1.165) is 22.3 Å². The van der Waals surface area contributed by atoms with Crippen molar-refractivity contribution in [2.24, 2.45) is 0 Å². The molecule has 0 aliphatic heterocycles. The minimum Gasteiger partial charge on any atom is -0.289 e. The Morgan fingerprint density at radius 3 is 2.11 bits per heavy atom. The van der Waals surface area contributed by atoms with Gasteiger partial charge in [-0.25, -0.2) is 0 Å². The molecule has 1 nitrogen and oxygen atoms in total. The van der Waals surface area contributed by atoms with Crippen molar-refractivity contribution >= 4 is 11.9 Å². The number of allylic oxidation sites excluding steroid dienone is 1. The Balaban J connectivity index is 2.26. The van der Waals surface area contributed by atoms with Crippen molar-refractivity contribution in [1.29, 1.82) is 0 Å². The number of carbonyl (C=O) groups excluding carboxylic acids is 1. The van der Waals surface area contributed by atoms with E-state index in [1.54, 1.807) is 6.08 Å². The molecule has 0 radical (unpaired) electrons. The van der Waals surface area contributed by atoms with Crippen molar-refractivity contribution in [3.05, 3.63) is 76.9 Å². The Bertz CT molecular complexity index is 560. The van der Waals surface area contributed by atoms with Gasteiger partial charge in [-0.15, -0.1) is 0 Å². The van der Waals surface area contributed by atoms with E-state index in [9.17, 15) is 4.79 Å². The molecule has 0 amide bonds. The molecule has 0 spiro atoms. The first-order valence-electron chi connectivity index (χ1n) is 6.02. The van der Waals surface area contributed by atoms with E-state index in [-0.39, 0.29) is 5.78 Å². The predicted molar refractivity (Wildman–Crippen MR) is 75.7 cm³/mol. The third kappa shape index (κ3) is 2.75. The average Bonchev–Trinajstić information content (AvgIpc) is 2.37. The third-order valence-corrected chi connectivity index (χ3v) is 2.95. The first-order valence-corrected chi connectivity index (χ1v) is 6.02. The number of hydrogen-bond donors (Lipinski definition) is 0. The van der Waals surface area contributed by atoms with Crippen LogP contribution in [0.3, 0.4) is 0 Å². The lowest BCUT2D eigenvalue weighted by molar-refractivity contribution is 0.104. The van der Waals surface area contributed by atoms with Crippen molar-refractivity contribution in [1.82, 2.24) is 0 Å². The Kier molecular flexibility index (Phi) is 3.73. The van der Waals surface area contributed by atoms with Gasteiger partial charge in [0, 0.05) is 5.56 Å². The summed E-state index contributed by atoms with van der Waals surface area (Å²) in [7, 11) is 0. The summed E-state index contributed by atoms with van der Waals surface area (Å²) in [6.07, 6.45) is 3.50. The predicted octanol–water partition coefficient (Wildman–Crippen LogP) is 4.20. The Morgan fingerprint density at radius 1 is 0.889 bits per heavy atom. The summed E-state index contributed by atoms with van der Waals surface area (Å²) in [6, 6.07) is 15.8. The molecule has 0 fully saturated rings. The van der Waals surface area contributed by atoms with E-state index in [0.29, 0.717) is 0 Å². The molecule has 2 aromatic rings. The second-order valence-electron chi connectivity index (χ2n) is 4.38. The average molecular weight is 236 g/mol. The van der Waals surface area contributed by atoms with Crippen LogP contribution in [-0.4, -0.2) is 5.78 Å². The van der Waals surface area contributed by atoms with E-state index in [1.165, 1.54) is 0 Å². The summed E-state index contributed by atoms with van der Waals surface area (Å²) >= 11 is 0. The first kappa shape index (κ1) is 12.3. The zero-order chi connectivity index (χ0) is 13.0. The molecule has 90 valence electrons. The van der Waals surface area contributed by atoms with Crippen LogP contribution in [-0.2, 0) is 0 Å². The topological polar surface area (TPSA) is 17.1 Å². The van der Waals surface area contributed by atoms with Gasteiger partial charge >= 0.3 is 0 Å². The van der Waals surface area contributed by atoms with Crippen LogP contribution in [0.2, 0.25) is 0 Å². The molecule has 0 unspecified atom stereocenters. The minimum atomic E-state index is 0.0643. The summed E-state index contributed by atoms with van der Waals surface area (Å²) in [5, 5.41) is 0. The molecule has 0 saturated heterocycles. The van der Waals surface area contributed by atoms with Crippen molar-refractivity contribution in [3.8, 4) is 0 Å². The van der Waals surface area contributed by atoms with Gasteiger partial charge in [-0.2, -0.15) is 0 Å². The molecule has 2 aromatic carbocycles. The van der Waals surface area contributed by atoms with Gasteiger partial charge in [0.25, 0.3) is 0 Å². The van der Waals surface area contributed by atoms with E-state index < -0.39 is 0 Å². The molecule has 0 atom stereocenters. The number of aryl methyl sites for hydroxylation is 2. The third-order valence-electron chi connectivity index (χ3n) is 2.95. The van der Waals surface area contributed by atoms with Crippen LogP contribution >= 0.6 is 0 Å². The number of ketones is 1. The maximum absolute atomic E-state index is 12.2. The molecule has 0 aliphatic rings. The van der Waals surface area contributed by atoms with Crippen LogP contribution in [0.5, 0.6) is 0 Å². The van der Waals surface area contributed by atoms with Gasteiger partial charge in [-0.1, -0.05) is 54.6 Å². The van der Waals surface area contributed by atoms with E-state index in [2.05, 4.69) is 0 Å². The van der Waals surface area contributed by atoms with Gasteiger partial charge in [-0.05, 0) is 36.6 Å². The lowest BCUT2D eigenvalue weighted by atomic mass is 9.98. The normalized spacial score (nSPS) is 10.8. The summed E-state index contributed by atoms with van der Waals surface area (Å²) in [4.78, 5) is 12.2. The zero-order valence-corrected chi connectivity index (χ0v) is 10.7. The van der Waals surface area contributed by atoms with Crippen LogP contribution < -0.4 is 0 Å². The van der Waals surface area contributed by atoms with Crippen molar-refractivity contribution in [2.45, 2.75) is 13.8 Å². The standard InChI is InChI=1S/C17H16O/c1-13-7-6-8-14(2)17(13)16(18)12-11-15-9-4-3-5-10-15/h3-12H,1-2H3. The van der Waals surface area contributed by atoms with Gasteiger partial charge in [0.2, 0.25) is 0 Å². The fraction of sp³-hybridized carbons (Fsp3) is 0.118. The fourth-order valence-electron chi connectivity index (χ4n) is 2.02. The van der Waals surface area contributed by atoms with Gasteiger partial charge in [-0.3, -0.25) is 4.79 Å². The molecule has 0 bridgehead atoms. The highest BCUT2D eigenvalue weighted by atomic mass is 16.1. The van der Waals surface area contributed by atoms with Gasteiger partial charge in [0.05, 0.1) is 0 Å². The number of rotatable bonds is 3. The highest BCUT2D eigenvalue weighted by Crippen LogP contribution is 2.15. The Labute approximate surface area is 108 Å².